The number of anilines is 1. The highest BCUT2D eigenvalue weighted by Gasteiger charge is 2.18. The summed E-state index contributed by atoms with van der Waals surface area (Å²) in [6, 6.07) is 11.1. The maximum Gasteiger partial charge on any atom is 0.270 e. The summed E-state index contributed by atoms with van der Waals surface area (Å²) in [4.78, 5) is 22.8. The van der Waals surface area contributed by atoms with Crippen molar-refractivity contribution in [3.63, 3.8) is 0 Å². The van der Waals surface area contributed by atoms with Crippen LogP contribution < -0.4 is 10.1 Å². The van der Waals surface area contributed by atoms with Gasteiger partial charge < -0.3 is 14.5 Å². The van der Waals surface area contributed by atoms with Gasteiger partial charge in [0.05, 0.1) is 23.3 Å². The molecule has 0 aliphatic carbocycles. The SMILES string of the molecule is COc1ccccc1NC(=O)c1coc2ccc([N+](=O)[O-])cc12. The van der Waals surface area contributed by atoms with Crippen LogP contribution >= 0.6 is 0 Å². The van der Waals surface area contributed by atoms with Gasteiger partial charge in [-0.1, -0.05) is 12.1 Å². The van der Waals surface area contributed by atoms with Gasteiger partial charge in [-0.05, 0) is 18.2 Å². The number of carbonyl (C=O) groups excluding carboxylic acids is 1. The zero-order chi connectivity index (χ0) is 16.4. The summed E-state index contributed by atoms with van der Waals surface area (Å²) in [6.07, 6.45) is 1.28. The number of methoxy groups -OCH3 is 1. The summed E-state index contributed by atoms with van der Waals surface area (Å²) >= 11 is 0. The van der Waals surface area contributed by atoms with E-state index in [4.69, 9.17) is 9.15 Å². The van der Waals surface area contributed by atoms with Crippen LogP contribution in [-0.2, 0) is 0 Å². The first kappa shape index (κ1) is 14.6. The van der Waals surface area contributed by atoms with Crippen molar-refractivity contribution in [1.29, 1.82) is 0 Å². The first-order chi connectivity index (χ1) is 11.1. The largest absolute Gasteiger partial charge is 0.495 e. The summed E-state index contributed by atoms with van der Waals surface area (Å²) < 4.78 is 10.5. The highest BCUT2D eigenvalue weighted by atomic mass is 16.6. The molecule has 0 atom stereocenters. The van der Waals surface area contributed by atoms with E-state index in [0.29, 0.717) is 22.4 Å². The molecule has 1 amide bonds. The zero-order valence-electron chi connectivity index (χ0n) is 12.1. The number of nitrogens with zero attached hydrogens (tertiary/aromatic N) is 1. The van der Waals surface area contributed by atoms with E-state index in [1.807, 2.05) is 0 Å². The summed E-state index contributed by atoms with van der Waals surface area (Å²) in [5, 5.41) is 14.0. The standard InChI is InChI=1S/C16H12N2O5/c1-22-15-5-3-2-4-13(15)17-16(19)12-9-23-14-7-6-10(18(20)21)8-11(12)14/h2-9H,1H3,(H,17,19). The molecule has 0 bridgehead atoms. The number of furan rings is 1. The van der Waals surface area contributed by atoms with Crippen LogP contribution in [-0.4, -0.2) is 17.9 Å². The van der Waals surface area contributed by atoms with E-state index in [9.17, 15) is 14.9 Å². The predicted octanol–water partition coefficient (Wildman–Crippen LogP) is 3.60. The first-order valence-electron chi connectivity index (χ1n) is 6.70. The highest BCUT2D eigenvalue weighted by Crippen LogP contribution is 2.28. The molecule has 0 radical (unpaired) electrons. The molecule has 0 saturated carbocycles. The maximum absolute atomic E-state index is 12.4. The molecule has 7 nitrogen and oxygen atoms in total. The molecule has 0 spiro atoms. The number of non-ortho nitro benzene ring substituents is 1. The van der Waals surface area contributed by atoms with Gasteiger partial charge in [-0.3, -0.25) is 14.9 Å². The smallest absolute Gasteiger partial charge is 0.270 e. The molecule has 0 saturated heterocycles. The Bertz CT molecular complexity index is 900. The van der Waals surface area contributed by atoms with Gasteiger partial charge in [0.2, 0.25) is 0 Å². The molecule has 0 unspecified atom stereocenters. The van der Waals surface area contributed by atoms with Crippen molar-refractivity contribution >= 4 is 28.3 Å². The Kier molecular flexibility index (Phi) is 3.68. The molecule has 3 aromatic rings. The number of nitrogens with one attached hydrogen (secondary N) is 1. The zero-order valence-corrected chi connectivity index (χ0v) is 12.1. The van der Waals surface area contributed by atoms with Crippen molar-refractivity contribution in [2.75, 3.05) is 12.4 Å². The van der Waals surface area contributed by atoms with Gasteiger partial charge in [0.15, 0.2) is 0 Å². The van der Waals surface area contributed by atoms with Crippen LogP contribution in [0.4, 0.5) is 11.4 Å². The molecule has 1 aromatic heterocycles. The molecule has 0 fully saturated rings. The molecule has 1 N–H and O–H groups in total. The van der Waals surface area contributed by atoms with Crippen LogP contribution in [0.1, 0.15) is 10.4 Å². The fourth-order valence-corrected chi connectivity index (χ4v) is 2.24. The van der Waals surface area contributed by atoms with Crippen LogP contribution in [0.15, 0.2) is 53.1 Å². The van der Waals surface area contributed by atoms with E-state index >= 15 is 0 Å². The lowest BCUT2D eigenvalue weighted by molar-refractivity contribution is -0.384. The molecule has 23 heavy (non-hydrogen) atoms. The molecule has 0 aliphatic heterocycles. The van der Waals surface area contributed by atoms with E-state index in [-0.39, 0.29) is 11.3 Å². The Morgan fingerprint density at radius 2 is 2.04 bits per heavy atom. The van der Waals surface area contributed by atoms with Crippen molar-refractivity contribution in [3.8, 4) is 5.75 Å². The Hall–Kier alpha value is -3.35. The van der Waals surface area contributed by atoms with Gasteiger partial charge in [-0.25, -0.2) is 0 Å². The maximum atomic E-state index is 12.4. The molecular weight excluding hydrogens is 300 g/mol. The van der Waals surface area contributed by atoms with Crippen LogP contribution in [0.5, 0.6) is 5.75 Å². The topological polar surface area (TPSA) is 94.6 Å². The third kappa shape index (κ3) is 2.71. The summed E-state index contributed by atoms with van der Waals surface area (Å²) in [5.41, 5.74) is 1.01. The van der Waals surface area contributed by atoms with Crippen LogP contribution in [0.3, 0.4) is 0 Å². The van der Waals surface area contributed by atoms with Crippen molar-refractivity contribution in [2.45, 2.75) is 0 Å². The normalized spacial score (nSPS) is 10.5. The van der Waals surface area contributed by atoms with Crippen LogP contribution in [0.25, 0.3) is 11.0 Å². The van der Waals surface area contributed by atoms with Crippen LogP contribution in [0, 0.1) is 10.1 Å². The van der Waals surface area contributed by atoms with E-state index < -0.39 is 10.8 Å². The number of nitro groups is 1. The number of para-hydroxylation sites is 2. The number of ether oxygens (including phenoxy) is 1. The molecule has 7 heteroatoms. The third-order valence-electron chi connectivity index (χ3n) is 3.37. The van der Waals surface area contributed by atoms with Crippen molar-refractivity contribution in [1.82, 2.24) is 0 Å². The van der Waals surface area contributed by atoms with Crippen molar-refractivity contribution in [3.05, 3.63) is 64.4 Å². The number of hydrogen-bond acceptors (Lipinski definition) is 5. The van der Waals surface area contributed by atoms with Gasteiger partial charge in [-0.2, -0.15) is 0 Å². The van der Waals surface area contributed by atoms with E-state index in [1.54, 1.807) is 24.3 Å². The molecule has 0 aliphatic rings. The monoisotopic (exact) mass is 312 g/mol. The Labute approximate surface area is 130 Å². The second kappa shape index (κ2) is 5.80. The van der Waals surface area contributed by atoms with Crippen molar-refractivity contribution < 1.29 is 18.9 Å². The number of benzene rings is 2. The number of rotatable bonds is 4. The molecule has 1 heterocycles. The highest BCUT2D eigenvalue weighted by molar-refractivity contribution is 6.12. The van der Waals surface area contributed by atoms with Gasteiger partial charge in [-0.15, -0.1) is 0 Å². The lowest BCUT2D eigenvalue weighted by atomic mass is 10.1. The lowest BCUT2D eigenvalue weighted by Gasteiger charge is -2.08. The van der Waals surface area contributed by atoms with Crippen molar-refractivity contribution in [2.24, 2.45) is 0 Å². The summed E-state index contributed by atoms with van der Waals surface area (Å²) in [7, 11) is 1.50. The first-order valence-corrected chi connectivity index (χ1v) is 6.70. The number of nitro benzene ring substituents is 1. The van der Waals surface area contributed by atoms with Gasteiger partial charge in [0.1, 0.15) is 17.6 Å². The number of fused-ring (bicyclic) bond motifs is 1. The third-order valence-corrected chi connectivity index (χ3v) is 3.37. The number of hydrogen-bond donors (Lipinski definition) is 1. The minimum atomic E-state index is -0.519. The van der Waals surface area contributed by atoms with Gasteiger partial charge >= 0.3 is 0 Å². The Balaban J connectivity index is 1.97. The average molecular weight is 312 g/mol. The van der Waals surface area contributed by atoms with E-state index in [2.05, 4.69) is 5.32 Å². The minimum Gasteiger partial charge on any atom is -0.495 e. The van der Waals surface area contributed by atoms with Gasteiger partial charge in [0, 0.05) is 17.5 Å². The Morgan fingerprint density at radius 1 is 1.26 bits per heavy atom. The second-order valence-electron chi connectivity index (χ2n) is 4.74. The van der Waals surface area contributed by atoms with Gasteiger partial charge in [0.25, 0.3) is 11.6 Å². The Morgan fingerprint density at radius 3 is 2.78 bits per heavy atom. The van der Waals surface area contributed by atoms with E-state index in [0.717, 1.165) is 0 Å². The lowest BCUT2D eigenvalue weighted by Crippen LogP contribution is -2.12. The molecule has 116 valence electrons. The number of amides is 1. The minimum absolute atomic E-state index is 0.106. The van der Waals surface area contributed by atoms with E-state index in [1.165, 1.54) is 31.6 Å². The number of carbonyl (C=O) groups is 1. The summed E-state index contributed by atoms with van der Waals surface area (Å²) in [5.74, 6) is 0.0772. The predicted molar refractivity (Wildman–Crippen MR) is 83.8 cm³/mol. The molecule has 3 rings (SSSR count). The fourth-order valence-electron chi connectivity index (χ4n) is 2.24. The van der Waals surface area contributed by atoms with Crippen LogP contribution in [0.2, 0.25) is 0 Å². The second-order valence-corrected chi connectivity index (χ2v) is 4.74. The quantitative estimate of drug-likeness (QED) is 0.586. The summed E-state index contributed by atoms with van der Waals surface area (Å²) in [6.45, 7) is 0. The fraction of sp³-hybridized carbons (Fsp3) is 0.0625. The average Bonchev–Trinajstić information content (AvgIpc) is 2.98. The molecular formula is C16H12N2O5. The molecule has 2 aromatic carbocycles.